The number of aryl methyl sites for hydroxylation is 1. The highest BCUT2D eigenvalue weighted by atomic mass is 19.1. The van der Waals surface area contributed by atoms with Crippen LogP contribution in [0.4, 0.5) is 4.39 Å². The van der Waals surface area contributed by atoms with Crippen molar-refractivity contribution in [2.75, 3.05) is 19.7 Å². The van der Waals surface area contributed by atoms with Gasteiger partial charge in [0.15, 0.2) is 23.2 Å². The van der Waals surface area contributed by atoms with E-state index in [1.165, 1.54) is 10.6 Å². The van der Waals surface area contributed by atoms with E-state index in [4.69, 9.17) is 9.26 Å². The van der Waals surface area contributed by atoms with Gasteiger partial charge in [-0.1, -0.05) is 23.4 Å². The molecule has 0 aliphatic carbocycles. The van der Waals surface area contributed by atoms with Crippen molar-refractivity contribution >= 4 is 0 Å². The van der Waals surface area contributed by atoms with Gasteiger partial charge in [0.25, 0.3) is 5.56 Å². The van der Waals surface area contributed by atoms with Crippen LogP contribution in [-0.2, 0) is 0 Å². The molecule has 4 heterocycles. The SMILES string of the molecule is Cc1cc(-c2cc(F)c(=O)n(C(C)c3cccc(-c4ncc(OCC5CCNCC5)cn4)c3)c2)on1. The summed E-state index contributed by atoms with van der Waals surface area (Å²) in [5, 5.41) is 7.21. The van der Waals surface area contributed by atoms with Crippen molar-refractivity contribution in [2.24, 2.45) is 5.92 Å². The predicted molar refractivity (Wildman–Crippen MR) is 133 cm³/mol. The Balaban J connectivity index is 1.35. The number of piperidine rings is 1. The zero-order valence-electron chi connectivity index (χ0n) is 20.3. The van der Waals surface area contributed by atoms with Crippen LogP contribution in [0.5, 0.6) is 5.75 Å². The van der Waals surface area contributed by atoms with Gasteiger partial charge >= 0.3 is 0 Å². The van der Waals surface area contributed by atoms with Gasteiger partial charge in [-0.05, 0) is 63.4 Å². The first kappa shape index (κ1) is 23.9. The normalized spacial score (nSPS) is 15.1. The summed E-state index contributed by atoms with van der Waals surface area (Å²) in [7, 11) is 0. The van der Waals surface area contributed by atoms with Crippen molar-refractivity contribution in [3.05, 3.63) is 82.4 Å². The summed E-state index contributed by atoms with van der Waals surface area (Å²) in [5.74, 6) is 1.28. The topological polar surface area (TPSA) is 95.1 Å². The lowest BCUT2D eigenvalue weighted by Crippen LogP contribution is -2.30. The third kappa shape index (κ3) is 5.21. The molecule has 36 heavy (non-hydrogen) atoms. The first-order valence-electron chi connectivity index (χ1n) is 12.1. The minimum Gasteiger partial charge on any atom is -0.490 e. The second kappa shape index (κ2) is 10.4. The van der Waals surface area contributed by atoms with Crippen molar-refractivity contribution in [3.63, 3.8) is 0 Å². The van der Waals surface area contributed by atoms with Crippen LogP contribution in [0, 0.1) is 18.7 Å². The fourth-order valence-electron chi connectivity index (χ4n) is 4.39. The highest BCUT2D eigenvalue weighted by molar-refractivity contribution is 5.57. The molecule has 1 N–H and O–H groups in total. The molecule has 9 heteroatoms. The van der Waals surface area contributed by atoms with E-state index in [9.17, 15) is 9.18 Å². The molecule has 3 aromatic heterocycles. The molecule has 186 valence electrons. The van der Waals surface area contributed by atoms with Gasteiger partial charge in [0.2, 0.25) is 0 Å². The molecule has 0 bridgehead atoms. The monoisotopic (exact) mass is 489 g/mol. The van der Waals surface area contributed by atoms with Crippen molar-refractivity contribution in [3.8, 4) is 28.5 Å². The fourth-order valence-corrected chi connectivity index (χ4v) is 4.39. The Morgan fingerprint density at radius 2 is 1.94 bits per heavy atom. The Bertz CT molecular complexity index is 1390. The predicted octanol–water partition coefficient (Wildman–Crippen LogP) is 4.40. The molecule has 1 unspecified atom stereocenters. The summed E-state index contributed by atoms with van der Waals surface area (Å²) in [5.41, 5.74) is 2.01. The van der Waals surface area contributed by atoms with E-state index in [0.29, 0.717) is 41.1 Å². The summed E-state index contributed by atoms with van der Waals surface area (Å²) in [4.78, 5) is 21.6. The molecule has 1 aromatic carbocycles. The van der Waals surface area contributed by atoms with E-state index in [-0.39, 0.29) is 0 Å². The minimum atomic E-state index is -0.854. The van der Waals surface area contributed by atoms with E-state index < -0.39 is 17.4 Å². The van der Waals surface area contributed by atoms with Crippen molar-refractivity contribution in [1.29, 1.82) is 0 Å². The third-order valence-electron chi connectivity index (χ3n) is 6.53. The lowest BCUT2D eigenvalue weighted by molar-refractivity contribution is 0.214. The van der Waals surface area contributed by atoms with Crippen LogP contribution in [0.15, 0.2) is 64.3 Å². The Morgan fingerprint density at radius 1 is 1.17 bits per heavy atom. The maximum atomic E-state index is 14.5. The van der Waals surface area contributed by atoms with Gasteiger partial charge < -0.3 is 19.1 Å². The quantitative estimate of drug-likeness (QED) is 0.411. The second-order valence-corrected chi connectivity index (χ2v) is 9.17. The van der Waals surface area contributed by atoms with E-state index in [2.05, 4.69) is 20.4 Å². The Kier molecular flexibility index (Phi) is 6.90. The standard InChI is InChI=1S/C27H28FN5O3/c1-17-10-25(36-32-17)22-12-24(28)27(34)33(15-22)18(2)20-4-3-5-21(11-20)26-30-13-23(14-31-26)35-16-19-6-8-29-9-7-19/h3-5,10-15,18-19,29H,6-9,16H2,1-2H3. The number of pyridine rings is 1. The van der Waals surface area contributed by atoms with Crippen LogP contribution in [-0.4, -0.2) is 39.4 Å². The van der Waals surface area contributed by atoms with Gasteiger partial charge in [-0.3, -0.25) is 4.79 Å². The van der Waals surface area contributed by atoms with Gasteiger partial charge in [0.1, 0.15) is 0 Å². The number of hydrogen-bond donors (Lipinski definition) is 1. The number of rotatable bonds is 7. The van der Waals surface area contributed by atoms with Crippen LogP contribution in [0.1, 0.15) is 37.1 Å². The molecular formula is C27H28FN5O3. The molecular weight excluding hydrogens is 461 g/mol. The molecule has 0 spiro atoms. The van der Waals surface area contributed by atoms with E-state index in [1.807, 2.05) is 31.2 Å². The fraction of sp³-hybridized carbons (Fsp3) is 0.333. The Hall–Kier alpha value is -3.85. The van der Waals surface area contributed by atoms with Crippen LogP contribution >= 0.6 is 0 Å². The number of ether oxygens (including phenoxy) is 1. The van der Waals surface area contributed by atoms with Crippen LogP contribution in [0.2, 0.25) is 0 Å². The summed E-state index contributed by atoms with van der Waals surface area (Å²) >= 11 is 0. The van der Waals surface area contributed by atoms with E-state index in [0.717, 1.165) is 37.1 Å². The lowest BCUT2D eigenvalue weighted by atomic mass is 9.99. The molecule has 1 saturated heterocycles. The average Bonchev–Trinajstić information content (AvgIpc) is 3.36. The molecule has 8 nitrogen and oxygen atoms in total. The highest BCUT2D eigenvalue weighted by Crippen LogP contribution is 2.26. The Labute approximate surface area is 208 Å². The number of aromatic nitrogens is 4. The lowest BCUT2D eigenvalue weighted by Gasteiger charge is -2.22. The first-order chi connectivity index (χ1) is 17.5. The molecule has 1 fully saturated rings. The van der Waals surface area contributed by atoms with Crippen molar-refractivity contribution in [2.45, 2.75) is 32.7 Å². The average molecular weight is 490 g/mol. The summed E-state index contributed by atoms with van der Waals surface area (Å²) < 4.78 is 27.1. The van der Waals surface area contributed by atoms with Crippen molar-refractivity contribution < 1.29 is 13.7 Å². The summed E-state index contributed by atoms with van der Waals surface area (Å²) in [6.45, 7) is 6.34. The maximum absolute atomic E-state index is 14.5. The number of halogens is 1. The zero-order valence-corrected chi connectivity index (χ0v) is 20.3. The maximum Gasteiger partial charge on any atom is 0.287 e. The van der Waals surface area contributed by atoms with Crippen LogP contribution in [0.3, 0.4) is 0 Å². The molecule has 5 rings (SSSR count). The largest absolute Gasteiger partial charge is 0.490 e. The summed E-state index contributed by atoms with van der Waals surface area (Å²) in [6, 6.07) is 10.0. The minimum absolute atomic E-state index is 0.400. The molecule has 0 radical (unpaired) electrons. The molecule has 4 aromatic rings. The third-order valence-corrected chi connectivity index (χ3v) is 6.53. The molecule has 0 saturated carbocycles. The van der Waals surface area contributed by atoms with Gasteiger partial charge in [0.05, 0.1) is 30.7 Å². The number of nitrogens with zero attached hydrogens (tertiary/aromatic N) is 4. The smallest absolute Gasteiger partial charge is 0.287 e. The number of benzene rings is 1. The molecule has 1 atom stereocenters. The molecule has 1 aliphatic rings. The van der Waals surface area contributed by atoms with Gasteiger partial charge in [-0.15, -0.1) is 0 Å². The van der Waals surface area contributed by atoms with Gasteiger partial charge in [-0.2, -0.15) is 0 Å². The zero-order chi connectivity index (χ0) is 25.1. The van der Waals surface area contributed by atoms with Crippen molar-refractivity contribution in [1.82, 2.24) is 25.0 Å². The second-order valence-electron chi connectivity index (χ2n) is 9.17. The van der Waals surface area contributed by atoms with Crippen LogP contribution in [0.25, 0.3) is 22.7 Å². The van der Waals surface area contributed by atoms with Gasteiger partial charge in [0, 0.05) is 23.4 Å². The first-order valence-corrected chi connectivity index (χ1v) is 12.1. The highest BCUT2D eigenvalue weighted by Gasteiger charge is 2.18. The number of hydrogen-bond acceptors (Lipinski definition) is 7. The summed E-state index contributed by atoms with van der Waals surface area (Å²) in [6.07, 6.45) is 7.17. The molecule has 0 amide bonds. The van der Waals surface area contributed by atoms with Gasteiger partial charge in [-0.25, -0.2) is 14.4 Å². The Morgan fingerprint density at radius 3 is 2.67 bits per heavy atom. The van der Waals surface area contributed by atoms with Crippen LogP contribution < -0.4 is 15.6 Å². The molecule has 1 aliphatic heterocycles. The number of nitrogens with one attached hydrogen (secondary N) is 1. The van der Waals surface area contributed by atoms with E-state index >= 15 is 0 Å². The van der Waals surface area contributed by atoms with E-state index in [1.54, 1.807) is 31.6 Å².